The lowest BCUT2D eigenvalue weighted by Gasteiger charge is -2.26. The highest BCUT2D eigenvalue weighted by Crippen LogP contribution is 2.27. The second-order valence-corrected chi connectivity index (χ2v) is 10.0. The minimum Gasteiger partial charge on any atom is -0.466 e. The molecular weight excluding hydrogens is 452 g/mol. The zero-order chi connectivity index (χ0) is 23.0. The first-order valence-electron chi connectivity index (χ1n) is 10.5. The number of nitrogens with zero attached hydrogens (tertiary/aromatic N) is 4. The number of sulfonamides is 1. The Bertz CT molecular complexity index is 1030. The van der Waals surface area contributed by atoms with E-state index in [-0.39, 0.29) is 10.9 Å². The third-order valence-corrected chi connectivity index (χ3v) is 7.74. The summed E-state index contributed by atoms with van der Waals surface area (Å²) in [5, 5.41) is 9.28. The van der Waals surface area contributed by atoms with Gasteiger partial charge >= 0.3 is 5.97 Å². The molecule has 0 radical (unpaired) electrons. The van der Waals surface area contributed by atoms with E-state index in [9.17, 15) is 13.2 Å². The monoisotopic (exact) mass is 480 g/mol. The molecule has 32 heavy (non-hydrogen) atoms. The number of hydrogen-bond donors (Lipinski definition) is 0. The number of benzene rings is 1. The lowest BCUT2D eigenvalue weighted by Crippen LogP contribution is -2.40. The van der Waals surface area contributed by atoms with Crippen molar-refractivity contribution in [2.75, 3.05) is 38.7 Å². The molecule has 1 aromatic heterocycles. The Morgan fingerprint density at radius 3 is 2.81 bits per heavy atom. The molecule has 0 N–H and O–H groups in total. The van der Waals surface area contributed by atoms with Gasteiger partial charge in [-0.1, -0.05) is 30.0 Å². The predicted molar refractivity (Wildman–Crippen MR) is 122 cm³/mol. The molecule has 3 rings (SSSR count). The lowest BCUT2D eigenvalue weighted by molar-refractivity contribution is -0.143. The van der Waals surface area contributed by atoms with Gasteiger partial charge in [0, 0.05) is 37.4 Å². The van der Waals surface area contributed by atoms with E-state index in [0.717, 1.165) is 0 Å². The smallest absolute Gasteiger partial charge is 0.305 e. The molecule has 1 aromatic carbocycles. The quantitative estimate of drug-likeness (QED) is 0.209. The van der Waals surface area contributed by atoms with E-state index < -0.39 is 10.0 Å². The number of hydrogen-bond acceptors (Lipinski definition) is 8. The highest BCUT2D eigenvalue weighted by Gasteiger charge is 2.27. The van der Waals surface area contributed by atoms with Crippen LogP contribution in [0.25, 0.3) is 11.4 Å². The minimum atomic E-state index is -3.61. The summed E-state index contributed by atoms with van der Waals surface area (Å²) in [5.74, 6) is 1.04. The fourth-order valence-electron chi connectivity index (χ4n) is 3.25. The summed E-state index contributed by atoms with van der Waals surface area (Å²) < 4.78 is 39.6. The standard InChI is InChI=1S/C21H28N4O5S2/c1-3-10-25-20(22-23-21(25)31-15-6-9-19(26)30-4-2)17-7-5-8-18(16-17)32(27,28)24-11-13-29-14-12-24/h3,5,7-8,16H,1,4,6,9-15H2,2H3. The molecule has 0 aliphatic carbocycles. The first kappa shape index (κ1) is 24.4. The van der Waals surface area contributed by atoms with Gasteiger partial charge in [0.2, 0.25) is 10.0 Å². The molecule has 0 atom stereocenters. The molecule has 0 amide bonds. The number of aromatic nitrogens is 3. The van der Waals surface area contributed by atoms with E-state index in [0.29, 0.717) is 74.6 Å². The van der Waals surface area contributed by atoms with Crippen molar-refractivity contribution in [2.45, 2.75) is 36.4 Å². The van der Waals surface area contributed by atoms with Gasteiger partial charge in [-0.2, -0.15) is 4.31 Å². The molecule has 0 bridgehead atoms. The summed E-state index contributed by atoms with van der Waals surface area (Å²) >= 11 is 1.49. The van der Waals surface area contributed by atoms with Crippen molar-refractivity contribution in [2.24, 2.45) is 0 Å². The van der Waals surface area contributed by atoms with Gasteiger partial charge in [0.1, 0.15) is 0 Å². The van der Waals surface area contributed by atoms with Crippen LogP contribution in [0.5, 0.6) is 0 Å². The fourth-order valence-corrected chi connectivity index (χ4v) is 5.59. The zero-order valence-electron chi connectivity index (χ0n) is 18.1. The fraction of sp³-hybridized carbons (Fsp3) is 0.476. The number of allylic oxidation sites excluding steroid dienone is 1. The van der Waals surface area contributed by atoms with Crippen molar-refractivity contribution in [1.82, 2.24) is 19.1 Å². The van der Waals surface area contributed by atoms with Crippen LogP contribution in [-0.4, -0.2) is 72.1 Å². The van der Waals surface area contributed by atoms with Gasteiger partial charge in [-0.15, -0.1) is 16.8 Å². The second kappa shape index (κ2) is 11.6. The molecule has 1 aliphatic rings. The van der Waals surface area contributed by atoms with E-state index in [2.05, 4.69) is 16.8 Å². The van der Waals surface area contributed by atoms with Crippen molar-refractivity contribution in [1.29, 1.82) is 0 Å². The largest absolute Gasteiger partial charge is 0.466 e. The Hall–Kier alpha value is -2.21. The van der Waals surface area contributed by atoms with Gasteiger partial charge in [0.05, 0.1) is 24.7 Å². The average molecular weight is 481 g/mol. The van der Waals surface area contributed by atoms with E-state index >= 15 is 0 Å². The highest BCUT2D eigenvalue weighted by molar-refractivity contribution is 7.99. The molecule has 2 heterocycles. The van der Waals surface area contributed by atoms with Crippen LogP contribution in [0.2, 0.25) is 0 Å². The Morgan fingerprint density at radius 2 is 2.09 bits per heavy atom. The topological polar surface area (TPSA) is 104 Å². The Kier molecular flexibility index (Phi) is 8.85. The number of esters is 1. The van der Waals surface area contributed by atoms with E-state index in [1.165, 1.54) is 16.1 Å². The Morgan fingerprint density at radius 1 is 1.31 bits per heavy atom. The molecule has 11 heteroatoms. The highest BCUT2D eigenvalue weighted by atomic mass is 32.2. The van der Waals surface area contributed by atoms with Crippen LogP contribution in [0.15, 0.2) is 47.0 Å². The second-order valence-electron chi connectivity index (χ2n) is 7.01. The summed E-state index contributed by atoms with van der Waals surface area (Å²) in [5.41, 5.74) is 0.659. The molecule has 2 aromatic rings. The van der Waals surface area contributed by atoms with E-state index in [4.69, 9.17) is 9.47 Å². The molecule has 1 aliphatic heterocycles. The van der Waals surface area contributed by atoms with Crippen molar-refractivity contribution in [3.63, 3.8) is 0 Å². The average Bonchev–Trinajstić information content (AvgIpc) is 3.20. The molecular formula is C21H28N4O5S2. The maximum Gasteiger partial charge on any atom is 0.305 e. The first-order valence-corrected chi connectivity index (χ1v) is 12.9. The molecule has 0 saturated carbocycles. The summed E-state index contributed by atoms with van der Waals surface area (Å²) in [6.45, 7) is 7.91. The Labute approximate surface area is 192 Å². The van der Waals surface area contributed by atoms with Gasteiger partial charge < -0.3 is 9.47 Å². The van der Waals surface area contributed by atoms with E-state index in [1.54, 1.807) is 31.2 Å². The van der Waals surface area contributed by atoms with Crippen LogP contribution >= 0.6 is 11.8 Å². The normalized spacial score (nSPS) is 14.9. The molecule has 0 unspecified atom stereocenters. The minimum absolute atomic E-state index is 0.209. The van der Waals surface area contributed by atoms with Crippen molar-refractivity contribution in [3.05, 3.63) is 36.9 Å². The SMILES string of the molecule is C=CCn1c(SCCCC(=O)OCC)nnc1-c1cccc(S(=O)(=O)N2CCOCC2)c1. The van der Waals surface area contributed by atoms with Crippen molar-refractivity contribution >= 4 is 27.8 Å². The number of carbonyl (C=O) groups is 1. The third kappa shape index (κ3) is 5.97. The van der Waals surface area contributed by atoms with E-state index in [1.807, 2.05) is 10.6 Å². The summed E-state index contributed by atoms with van der Waals surface area (Å²) in [7, 11) is -3.61. The summed E-state index contributed by atoms with van der Waals surface area (Å²) in [4.78, 5) is 11.7. The number of ether oxygens (including phenoxy) is 2. The number of morpholine rings is 1. The van der Waals surface area contributed by atoms with Gasteiger partial charge in [-0.3, -0.25) is 9.36 Å². The third-order valence-electron chi connectivity index (χ3n) is 4.79. The molecule has 9 nitrogen and oxygen atoms in total. The zero-order valence-corrected chi connectivity index (χ0v) is 19.7. The molecule has 1 saturated heterocycles. The number of rotatable bonds is 11. The maximum absolute atomic E-state index is 13.0. The molecule has 174 valence electrons. The Balaban J connectivity index is 1.78. The van der Waals surface area contributed by atoms with Crippen LogP contribution in [0.3, 0.4) is 0 Å². The summed E-state index contributed by atoms with van der Waals surface area (Å²) in [6, 6.07) is 6.75. The van der Waals surface area contributed by atoms with Crippen LogP contribution in [0.4, 0.5) is 0 Å². The maximum atomic E-state index is 13.0. The van der Waals surface area contributed by atoms with Crippen molar-refractivity contribution < 1.29 is 22.7 Å². The van der Waals surface area contributed by atoms with Crippen LogP contribution in [0, 0.1) is 0 Å². The van der Waals surface area contributed by atoms with Crippen LogP contribution < -0.4 is 0 Å². The lowest BCUT2D eigenvalue weighted by atomic mass is 10.2. The van der Waals surface area contributed by atoms with Gasteiger partial charge in [-0.25, -0.2) is 8.42 Å². The van der Waals surface area contributed by atoms with Crippen LogP contribution in [-0.2, 0) is 30.8 Å². The molecule has 1 fully saturated rings. The number of thioether (sulfide) groups is 1. The van der Waals surface area contributed by atoms with Crippen LogP contribution in [0.1, 0.15) is 19.8 Å². The van der Waals surface area contributed by atoms with Crippen molar-refractivity contribution in [3.8, 4) is 11.4 Å². The first-order chi connectivity index (χ1) is 15.5. The van der Waals surface area contributed by atoms with Gasteiger partial charge in [0.25, 0.3) is 0 Å². The molecule has 0 spiro atoms. The number of carbonyl (C=O) groups excluding carboxylic acids is 1. The predicted octanol–water partition coefficient (Wildman–Crippen LogP) is 2.59. The van der Waals surface area contributed by atoms with Gasteiger partial charge in [0.15, 0.2) is 11.0 Å². The van der Waals surface area contributed by atoms with Gasteiger partial charge in [-0.05, 0) is 25.5 Å². The summed E-state index contributed by atoms with van der Waals surface area (Å²) in [6.07, 6.45) is 2.75.